The number of carbonyl (C=O) groups is 1. The van der Waals surface area contributed by atoms with Gasteiger partial charge in [0.25, 0.3) is 0 Å². The molecule has 0 aliphatic carbocycles. The number of hydrogen-bond donors (Lipinski definition) is 1. The van der Waals surface area contributed by atoms with E-state index in [9.17, 15) is 9.90 Å². The smallest absolute Gasteiger partial charge is 0.336 e. The normalized spacial score (nSPS) is 10.8. The highest BCUT2D eigenvalue weighted by Gasteiger charge is 2.20. The topological polar surface area (TPSA) is 68.0 Å². The van der Waals surface area contributed by atoms with Crippen LogP contribution in [0.15, 0.2) is 85.5 Å². The summed E-state index contributed by atoms with van der Waals surface area (Å²) in [5, 5.41) is 9.70. The van der Waals surface area contributed by atoms with E-state index in [2.05, 4.69) is 20.6 Å². The average Bonchev–Trinajstić information content (AvgIpc) is 3.19. The van der Waals surface area contributed by atoms with E-state index in [1.54, 1.807) is 24.7 Å². The Morgan fingerprint density at radius 2 is 1.76 bits per heavy atom. The first-order chi connectivity index (χ1) is 14.2. The van der Waals surface area contributed by atoms with Crippen LogP contribution in [0.25, 0.3) is 22.5 Å². The Labute approximate surface area is 169 Å². The van der Waals surface area contributed by atoms with E-state index in [-0.39, 0.29) is 5.56 Å². The summed E-state index contributed by atoms with van der Waals surface area (Å²) in [6.45, 7) is 0.734. The van der Waals surface area contributed by atoms with E-state index < -0.39 is 5.97 Å². The highest BCUT2D eigenvalue weighted by Crippen LogP contribution is 2.33. The number of imidazole rings is 1. The summed E-state index contributed by atoms with van der Waals surface area (Å²) >= 11 is 0. The molecule has 0 spiro atoms. The van der Waals surface area contributed by atoms with Crippen molar-refractivity contribution in [3.05, 3.63) is 96.6 Å². The Morgan fingerprint density at radius 3 is 2.52 bits per heavy atom. The maximum absolute atomic E-state index is 11.8. The highest BCUT2D eigenvalue weighted by atomic mass is 16.4. The molecular formula is C24H21N3O2. The number of carboxylic acids is 1. The van der Waals surface area contributed by atoms with Crippen LogP contribution in [0, 0.1) is 0 Å². The molecule has 4 aromatic rings. The minimum Gasteiger partial charge on any atom is -0.478 e. The molecule has 0 fully saturated rings. The van der Waals surface area contributed by atoms with Crippen molar-refractivity contribution in [1.29, 1.82) is 0 Å². The number of aromatic carboxylic acids is 1. The first-order valence-electron chi connectivity index (χ1n) is 9.56. The fourth-order valence-corrected chi connectivity index (χ4v) is 3.52. The standard InChI is InChI=1S/C24H21N3O2/c28-24(29)21-13-5-4-12-20(21)23-22(19-10-2-1-3-11-19)26-17-27(23)15-7-9-18-8-6-14-25-16-18/h1-6,8,10-14,16-17H,7,9,15H2,(H,28,29). The first-order valence-corrected chi connectivity index (χ1v) is 9.56. The summed E-state index contributed by atoms with van der Waals surface area (Å²) in [6.07, 6.45) is 7.25. The number of nitrogens with zero attached hydrogens (tertiary/aromatic N) is 3. The van der Waals surface area contributed by atoms with Crippen LogP contribution < -0.4 is 0 Å². The second kappa shape index (κ2) is 8.52. The maximum Gasteiger partial charge on any atom is 0.336 e. The molecule has 0 atom stereocenters. The fourth-order valence-electron chi connectivity index (χ4n) is 3.52. The van der Waals surface area contributed by atoms with Gasteiger partial charge < -0.3 is 9.67 Å². The largest absolute Gasteiger partial charge is 0.478 e. The van der Waals surface area contributed by atoms with Gasteiger partial charge in [-0.15, -0.1) is 0 Å². The quantitative estimate of drug-likeness (QED) is 0.491. The summed E-state index contributed by atoms with van der Waals surface area (Å²) in [6, 6.07) is 21.0. The first kappa shape index (κ1) is 18.6. The highest BCUT2D eigenvalue weighted by molar-refractivity contribution is 5.97. The van der Waals surface area contributed by atoms with E-state index in [1.165, 1.54) is 5.56 Å². The summed E-state index contributed by atoms with van der Waals surface area (Å²) in [5.74, 6) is -0.942. The van der Waals surface area contributed by atoms with Gasteiger partial charge in [-0.25, -0.2) is 9.78 Å². The van der Waals surface area contributed by atoms with Crippen LogP contribution in [0.3, 0.4) is 0 Å². The van der Waals surface area contributed by atoms with Crippen LogP contribution in [0.1, 0.15) is 22.3 Å². The Kier molecular flexibility index (Phi) is 5.47. The lowest BCUT2D eigenvalue weighted by Gasteiger charge is -2.13. The molecular weight excluding hydrogens is 362 g/mol. The van der Waals surface area contributed by atoms with E-state index in [0.29, 0.717) is 5.56 Å². The van der Waals surface area contributed by atoms with Gasteiger partial charge in [-0.3, -0.25) is 4.98 Å². The lowest BCUT2D eigenvalue weighted by atomic mass is 10.00. The number of aromatic nitrogens is 3. The molecule has 1 N–H and O–H groups in total. The number of rotatable bonds is 7. The van der Waals surface area contributed by atoms with Crippen molar-refractivity contribution in [3.63, 3.8) is 0 Å². The van der Waals surface area contributed by atoms with Crippen molar-refractivity contribution in [2.75, 3.05) is 0 Å². The van der Waals surface area contributed by atoms with Gasteiger partial charge in [0.1, 0.15) is 0 Å². The number of benzene rings is 2. The van der Waals surface area contributed by atoms with Crippen LogP contribution in [0.5, 0.6) is 0 Å². The zero-order valence-electron chi connectivity index (χ0n) is 15.9. The number of hydrogen-bond acceptors (Lipinski definition) is 3. The van der Waals surface area contributed by atoms with Crippen molar-refractivity contribution < 1.29 is 9.90 Å². The van der Waals surface area contributed by atoms with Crippen LogP contribution in [0.2, 0.25) is 0 Å². The van der Waals surface area contributed by atoms with Crippen molar-refractivity contribution in [3.8, 4) is 22.5 Å². The van der Waals surface area contributed by atoms with Gasteiger partial charge in [-0.1, -0.05) is 54.6 Å². The molecule has 0 saturated carbocycles. The van der Waals surface area contributed by atoms with Crippen LogP contribution in [-0.4, -0.2) is 25.6 Å². The molecule has 2 heterocycles. The summed E-state index contributed by atoms with van der Waals surface area (Å²) < 4.78 is 2.06. The molecule has 0 aliphatic rings. The Balaban J connectivity index is 1.73. The third-order valence-corrected chi connectivity index (χ3v) is 4.88. The van der Waals surface area contributed by atoms with Crippen LogP contribution in [0.4, 0.5) is 0 Å². The molecule has 0 bridgehead atoms. The van der Waals surface area contributed by atoms with E-state index in [4.69, 9.17) is 0 Å². The predicted molar refractivity (Wildman–Crippen MR) is 113 cm³/mol. The minimum absolute atomic E-state index is 0.277. The van der Waals surface area contributed by atoms with Gasteiger partial charge in [-0.2, -0.15) is 0 Å². The molecule has 0 unspecified atom stereocenters. The van der Waals surface area contributed by atoms with Crippen molar-refractivity contribution in [1.82, 2.24) is 14.5 Å². The van der Waals surface area contributed by atoms with Crippen LogP contribution in [-0.2, 0) is 13.0 Å². The van der Waals surface area contributed by atoms with Crippen molar-refractivity contribution >= 4 is 5.97 Å². The Morgan fingerprint density at radius 1 is 0.966 bits per heavy atom. The predicted octanol–water partition coefficient (Wildman–Crippen LogP) is 4.94. The third-order valence-electron chi connectivity index (χ3n) is 4.88. The molecule has 2 aromatic heterocycles. The number of carboxylic acid groups (broad SMARTS) is 1. The fraction of sp³-hybridized carbons (Fsp3) is 0.125. The summed E-state index contributed by atoms with van der Waals surface area (Å²) in [4.78, 5) is 20.7. The molecule has 4 rings (SSSR count). The monoisotopic (exact) mass is 383 g/mol. The van der Waals surface area contributed by atoms with Gasteiger partial charge in [0.15, 0.2) is 0 Å². The number of pyridine rings is 1. The van der Waals surface area contributed by atoms with Crippen LogP contribution >= 0.6 is 0 Å². The molecule has 0 radical (unpaired) electrons. The lowest BCUT2D eigenvalue weighted by molar-refractivity contribution is 0.0697. The molecule has 144 valence electrons. The summed E-state index contributed by atoms with van der Waals surface area (Å²) in [7, 11) is 0. The zero-order chi connectivity index (χ0) is 20.1. The lowest BCUT2D eigenvalue weighted by Crippen LogP contribution is -2.05. The minimum atomic E-state index is -0.942. The molecule has 2 aromatic carbocycles. The molecule has 0 amide bonds. The van der Waals surface area contributed by atoms with Gasteiger partial charge in [0.05, 0.1) is 23.3 Å². The second-order valence-electron chi connectivity index (χ2n) is 6.82. The number of aryl methyl sites for hydroxylation is 2. The van der Waals surface area contributed by atoms with Gasteiger partial charge in [0, 0.05) is 30.1 Å². The van der Waals surface area contributed by atoms with Crippen molar-refractivity contribution in [2.45, 2.75) is 19.4 Å². The van der Waals surface area contributed by atoms with E-state index in [0.717, 1.165) is 36.3 Å². The molecule has 5 nitrogen and oxygen atoms in total. The molecule has 5 heteroatoms. The Bertz CT molecular complexity index is 1110. The average molecular weight is 383 g/mol. The van der Waals surface area contributed by atoms with Gasteiger partial charge in [-0.05, 0) is 30.5 Å². The van der Waals surface area contributed by atoms with Gasteiger partial charge in [0.2, 0.25) is 0 Å². The third kappa shape index (κ3) is 4.09. The summed E-state index contributed by atoms with van der Waals surface area (Å²) in [5.41, 5.74) is 4.73. The van der Waals surface area contributed by atoms with E-state index >= 15 is 0 Å². The zero-order valence-corrected chi connectivity index (χ0v) is 15.9. The Hall–Kier alpha value is -3.73. The van der Waals surface area contributed by atoms with E-state index in [1.807, 2.05) is 54.7 Å². The molecule has 0 saturated heterocycles. The SMILES string of the molecule is O=C(O)c1ccccc1-c1c(-c2ccccc2)ncn1CCCc1cccnc1. The molecule has 0 aliphatic heterocycles. The maximum atomic E-state index is 11.8. The van der Waals surface area contributed by atoms with Gasteiger partial charge >= 0.3 is 5.97 Å². The second-order valence-corrected chi connectivity index (χ2v) is 6.82. The van der Waals surface area contributed by atoms with Crippen molar-refractivity contribution in [2.24, 2.45) is 0 Å². The molecule has 29 heavy (non-hydrogen) atoms.